The van der Waals surface area contributed by atoms with Crippen molar-refractivity contribution in [2.75, 3.05) is 53.0 Å². The van der Waals surface area contributed by atoms with E-state index < -0.39 is 6.04 Å². The van der Waals surface area contributed by atoms with E-state index in [0.717, 1.165) is 44.5 Å². The van der Waals surface area contributed by atoms with Crippen molar-refractivity contribution in [2.24, 2.45) is 5.92 Å². The Morgan fingerprint density at radius 1 is 1.27 bits per heavy atom. The summed E-state index contributed by atoms with van der Waals surface area (Å²) in [5, 5.41) is 3.20. The number of ether oxygens (including phenoxy) is 1. The van der Waals surface area contributed by atoms with Gasteiger partial charge in [-0.1, -0.05) is 12.1 Å². The number of carbonyl (C=O) groups excluding carboxylic acids is 1. The molecule has 2 heterocycles. The van der Waals surface area contributed by atoms with E-state index in [4.69, 9.17) is 4.74 Å². The van der Waals surface area contributed by atoms with Gasteiger partial charge in [0.15, 0.2) is 0 Å². The summed E-state index contributed by atoms with van der Waals surface area (Å²) in [6.07, 6.45) is 3.26. The predicted octanol–water partition coefficient (Wildman–Crippen LogP) is 2.05. The maximum absolute atomic E-state index is 13.8. The molecule has 1 aromatic rings. The topological polar surface area (TPSA) is 44.8 Å². The molecule has 1 aromatic carbocycles. The van der Waals surface area contributed by atoms with Gasteiger partial charge >= 0.3 is 0 Å². The lowest BCUT2D eigenvalue weighted by Crippen LogP contribution is -2.49. The highest BCUT2D eigenvalue weighted by Crippen LogP contribution is 2.28. The number of hydrogen-bond donors (Lipinski definition) is 1. The fraction of sp³-hybridized carbons (Fsp3) is 0.650. The van der Waals surface area contributed by atoms with Gasteiger partial charge in [0.1, 0.15) is 11.9 Å². The summed E-state index contributed by atoms with van der Waals surface area (Å²) in [6, 6.07) is 6.06. The summed E-state index contributed by atoms with van der Waals surface area (Å²) < 4.78 is 19.2. The number of amides is 1. The number of nitrogens with one attached hydrogen (secondary N) is 1. The van der Waals surface area contributed by atoms with Crippen LogP contribution in [0.25, 0.3) is 0 Å². The Balaban J connectivity index is 1.71. The first-order valence-corrected chi connectivity index (χ1v) is 9.69. The summed E-state index contributed by atoms with van der Waals surface area (Å²) in [6.45, 7) is 5.25. The van der Waals surface area contributed by atoms with Gasteiger partial charge < -0.3 is 15.0 Å². The molecule has 1 amide bonds. The normalized spacial score (nSPS) is 20.9. The van der Waals surface area contributed by atoms with Crippen molar-refractivity contribution in [2.45, 2.75) is 25.3 Å². The lowest BCUT2D eigenvalue weighted by molar-refractivity contribution is -0.140. The van der Waals surface area contributed by atoms with Crippen LogP contribution in [-0.2, 0) is 9.53 Å². The Morgan fingerprint density at radius 2 is 2.00 bits per heavy atom. The molecule has 0 aromatic heterocycles. The average Bonchev–Trinajstić information content (AvgIpc) is 2.68. The Morgan fingerprint density at radius 3 is 2.65 bits per heavy atom. The molecular formula is C20H30FN3O2. The molecule has 1 N–H and O–H groups in total. The molecule has 1 atom stereocenters. The number of piperidine rings is 1. The van der Waals surface area contributed by atoms with E-state index in [9.17, 15) is 9.18 Å². The van der Waals surface area contributed by atoms with Crippen molar-refractivity contribution in [3.05, 3.63) is 35.6 Å². The van der Waals surface area contributed by atoms with Gasteiger partial charge in [-0.05, 0) is 56.5 Å². The molecule has 0 aliphatic carbocycles. The summed E-state index contributed by atoms with van der Waals surface area (Å²) in [7, 11) is 1.98. The van der Waals surface area contributed by atoms with Crippen molar-refractivity contribution in [3.8, 4) is 0 Å². The van der Waals surface area contributed by atoms with Crippen molar-refractivity contribution < 1.29 is 13.9 Å². The fourth-order valence-electron chi connectivity index (χ4n) is 3.99. The van der Waals surface area contributed by atoms with Gasteiger partial charge in [-0.3, -0.25) is 9.69 Å². The molecule has 1 unspecified atom stereocenters. The second kappa shape index (κ2) is 9.44. The molecule has 144 valence electrons. The third kappa shape index (κ3) is 4.81. The van der Waals surface area contributed by atoms with Crippen LogP contribution in [0.5, 0.6) is 0 Å². The van der Waals surface area contributed by atoms with E-state index in [2.05, 4.69) is 10.2 Å². The first-order chi connectivity index (χ1) is 12.7. The van der Waals surface area contributed by atoms with E-state index in [1.807, 2.05) is 18.0 Å². The number of morpholine rings is 1. The Labute approximate surface area is 155 Å². The Bertz CT molecular complexity index is 584. The second-order valence-electron chi connectivity index (χ2n) is 7.27. The van der Waals surface area contributed by atoms with Crippen LogP contribution >= 0.6 is 0 Å². The Kier molecular flexibility index (Phi) is 7.00. The quantitative estimate of drug-likeness (QED) is 0.840. The largest absolute Gasteiger partial charge is 0.379 e. The van der Waals surface area contributed by atoms with E-state index in [-0.39, 0.29) is 11.7 Å². The minimum Gasteiger partial charge on any atom is -0.379 e. The molecule has 2 fully saturated rings. The van der Waals surface area contributed by atoms with Gasteiger partial charge in [0.2, 0.25) is 5.91 Å². The lowest BCUT2D eigenvalue weighted by Gasteiger charge is -2.39. The molecule has 26 heavy (non-hydrogen) atoms. The minimum atomic E-state index is -0.413. The number of halogens is 1. The number of carbonyl (C=O) groups is 1. The van der Waals surface area contributed by atoms with Crippen LogP contribution in [-0.4, -0.2) is 68.7 Å². The van der Waals surface area contributed by atoms with Crippen LogP contribution in [0.2, 0.25) is 0 Å². The number of likely N-dealkylation sites (tertiary alicyclic amines) is 1. The minimum absolute atomic E-state index is 0.101. The summed E-state index contributed by atoms with van der Waals surface area (Å²) in [5.41, 5.74) is 0.745. The number of hydrogen-bond acceptors (Lipinski definition) is 4. The molecule has 0 saturated carbocycles. The molecular weight excluding hydrogens is 333 g/mol. The van der Waals surface area contributed by atoms with Crippen molar-refractivity contribution in [1.82, 2.24) is 15.1 Å². The first-order valence-electron chi connectivity index (χ1n) is 9.69. The van der Waals surface area contributed by atoms with Crippen LogP contribution in [0.1, 0.15) is 30.9 Å². The molecule has 0 radical (unpaired) electrons. The first kappa shape index (κ1) is 19.3. The highest BCUT2D eigenvalue weighted by molar-refractivity contribution is 5.83. The summed E-state index contributed by atoms with van der Waals surface area (Å²) >= 11 is 0. The fourth-order valence-corrected chi connectivity index (χ4v) is 3.99. The van der Waals surface area contributed by atoms with Crippen molar-refractivity contribution in [3.63, 3.8) is 0 Å². The summed E-state index contributed by atoms with van der Waals surface area (Å²) in [4.78, 5) is 17.4. The molecule has 6 heteroatoms. The SMILES string of the molecule is CNCCC1CCN(C(=O)C(c2cccc(F)c2)N2CCOCC2)CC1. The number of benzene rings is 1. The highest BCUT2D eigenvalue weighted by Gasteiger charge is 2.34. The average molecular weight is 363 g/mol. The van der Waals surface area contributed by atoms with Crippen LogP contribution in [0.3, 0.4) is 0 Å². The second-order valence-corrected chi connectivity index (χ2v) is 7.27. The molecule has 5 nitrogen and oxygen atoms in total. The molecule has 2 aliphatic rings. The number of nitrogens with zero attached hydrogens (tertiary/aromatic N) is 2. The molecule has 2 aliphatic heterocycles. The maximum Gasteiger partial charge on any atom is 0.244 e. The zero-order valence-corrected chi connectivity index (χ0v) is 15.6. The van der Waals surface area contributed by atoms with Crippen LogP contribution in [0, 0.1) is 11.7 Å². The van der Waals surface area contributed by atoms with Gasteiger partial charge in [0, 0.05) is 26.2 Å². The van der Waals surface area contributed by atoms with Gasteiger partial charge in [-0.2, -0.15) is 0 Å². The Hall–Kier alpha value is -1.50. The zero-order valence-electron chi connectivity index (χ0n) is 15.6. The van der Waals surface area contributed by atoms with Crippen LogP contribution in [0.15, 0.2) is 24.3 Å². The molecule has 2 saturated heterocycles. The van der Waals surface area contributed by atoms with Gasteiger partial charge in [0.05, 0.1) is 13.2 Å². The molecule has 0 bridgehead atoms. The molecule has 3 rings (SSSR count). The van der Waals surface area contributed by atoms with Gasteiger partial charge in [-0.25, -0.2) is 4.39 Å². The lowest BCUT2D eigenvalue weighted by atomic mass is 9.92. The zero-order chi connectivity index (χ0) is 18.4. The van der Waals surface area contributed by atoms with Crippen molar-refractivity contribution >= 4 is 5.91 Å². The highest BCUT2D eigenvalue weighted by atomic mass is 19.1. The smallest absolute Gasteiger partial charge is 0.244 e. The monoisotopic (exact) mass is 363 g/mol. The summed E-state index contributed by atoms with van der Waals surface area (Å²) in [5.74, 6) is 0.492. The van der Waals surface area contributed by atoms with Crippen molar-refractivity contribution in [1.29, 1.82) is 0 Å². The van der Waals surface area contributed by atoms with Gasteiger partial charge in [0.25, 0.3) is 0 Å². The van der Waals surface area contributed by atoms with E-state index >= 15 is 0 Å². The molecule has 0 spiro atoms. The third-order valence-corrected chi connectivity index (χ3v) is 5.54. The van der Waals surface area contributed by atoms with E-state index in [1.165, 1.54) is 12.1 Å². The standard InChI is InChI=1S/C20H30FN3O2/c1-22-8-5-16-6-9-24(10-7-16)20(25)19(23-11-13-26-14-12-23)17-3-2-4-18(21)15-17/h2-4,15-16,19,22H,5-14H2,1H3. The predicted molar refractivity (Wildman–Crippen MR) is 99.4 cm³/mol. The van der Waals surface area contributed by atoms with Gasteiger partial charge in [-0.15, -0.1) is 0 Å². The van der Waals surface area contributed by atoms with Crippen LogP contribution < -0.4 is 5.32 Å². The maximum atomic E-state index is 13.8. The van der Waals surface area contributed by atoms with E-state index in [0.29, 0.717) is 32.2 Å². The van der Waals surface area contributed by atoms with Crippen LogP contribution in [0.4, 0.5) is 4.39 Å². The van der Waals surface area contributed by atoms with E-state index in [1.54, 1.807) is 6.07 Å². The number of rotatable bonds is 6. The third-order valence-electron chi connectivity index (χ3n) is 5.54.